The second-order valence-corrected chi connectivity index (χ2v) is 6.50. The van der Waals surface area contributed by atoms with E-state index >= 15 is 0 Å². The Hall–Kier alpha value is -0.670. The van der Waals surface area contributed by atoms with E-state index in [1.165, 1.54) is 17.7 Å². The Morgan fingerprint density at radius 2 is 2.24 bits per heavy atom. The predicted molar refractivity (Wildman–Crippen MR) is 74.8 cm³/mol. The van der Waals surface area contributed by atoms with Crippen molar-refractivity contribution in [1.29, 1.82) is 0 Å². The number of methoxy groups -OCH3 is 1. The van der Waals surface area contributed by atoms with Gasteiger partial charge in [-0.1, -0.05) is 18.2 Å². The first-order valence-corrected chi connectivity index (χ1v) is 7.15. The summed E-state index contributed by atoms with van der Waals surface area (Å²) in [5.74, 6) is 2.23. The van der Waals surface area contributed by atoms with E-state index in [9.17, 15) is 0 Å². The third-order valence-corrected chi connectivity index (χ3v) is 4.58. The van der Waals surface area contributed by atoms with Gasteiger partial charge in [-0.15, -0.1) is 11.8 Å². The zero-order valence-electron chi connectivity index (χ0n) is 10.8. The van der Waals surface area contributed by atoms with Crippen LogP contribution in [0.25, 0.3) is 0 Å². The molecule has 1 fully saturated rings. The van der Waals surface area contributed by atoms with Crippen LogP contribution in [0.1, 0.15) is 25.8 Å². The Balaban J connectivity index is 2.13. The zero-order chi connectivity index (χ0) is 12.3. The molecule has 0 aliphatic carbocycles. The third-order valence-electron chi connectivity index (χ3n) is 3.24. The lowest BCUT2D eigenvalue weighted by Gasteiger charge is -2.38. The van der Waals surface area contributed by atoms with Gasteiger partial charge >= 0.3 is 0 Å². The van der Waals surface area contributed by atoms with Crippen LogP contribution in [0, 0.1) is 0 Å². The summed E-state index contributed by atoms with van der Waals surface area (Å²) < 4.78 is 5.42. The Kier molecular flexibility index (Phi) is 4.00. The Labute approximate surface area is 108 Å². The lowest BCUT2D eigenvalue weighted by molar-refractivity contribution is 0.386. The number of hydrogen-bond donors (Lipinski definition) is 1. The van der Waals surface area contributed by atoms with E-state index in [0.29, 0.717) is 6.04 Å². The molecule has 3 heteroatoms. The fourth-order valence-corrected chi connectivity index (χ4v) is 3.87. The maximum atomic E-state index is 5.42. The summed E-state index contributed by atoms with van der Waals surface area (Å²) in [4.78, 5) is 0.131. The van der Waals surface area contributed by atoms with Gasteiger partial charge in [0.25, 0.3) is 0 Å². The van der Waals surface area contributed by atoms with Crippen LogP contribution in [-0.4, -0.2) is 23.8 Å². The van der Waals surface area contributed by atoms with Gasteiger partial charge in [0.05, 0.1) is 12.0 Å². The third kappa shape index (κ3) is 3.17. The van der Waals surface area contributed by atoms with E-state index in [2.05, 4.69) is 31.3 Å². The van der Waals surface area contributed by atoms with Crippen molar-refractivity contribution >= 4 is 11.8 Å². The smallest absolute Gasteiger partial charge is 0.122 e. The largest absolute Gasteiger partial charge is 0.496 e. The number of nitrogens with one attached hydrogen (secondary N) is 1. The van der Waals surface area contributed by atoms with Gasteiger partial charge in [0.2, 0.25) is 0 Å². The van der Waals surface area contributed by atoms with E-state index in [-0.39, 0.29) is 4.87 Å². The van der Waals surface area contributed by atoms with E-state index in [0.717, 1.165) is 12.2 Å². The molecule has 1 N–H and O–H groups in total. The van der Waals surface area contributed by atoms with Crippen molar-refractivity contribution in [2.24, 2.45) is 0 Å². The monoisotopic (exact) mass is 251 g/mol. The van der Waals surface area contributed by atoms with Crippen LogP contribution < -0.4 is 10.1 Å². The summed E-state index contributed by atoms with van der Waals surface area (Å²) in [6.07, 6.45) is 2.26. The minimum Gasteiger partial charge on any atom is -0.496 e. The second kappa shape index (κ2) is 5.32. The van der Waals surface area contributed by atoms with Crippen LogP contribution in [-0.2, 0) is 6.42 Å². The van der Waals surface area contributed by atoms with Crippen LogP contribution in [0.2, 0.25) is 0 Å². The Morgan fingerprint density at radius 1 is 1.47 bits per heavy atom. The first-order chi connectivity index (χ1) is 8.13. The van der Waals surface area contributed by atoms with Gasteiger partial charge in [0, 0.05) is 12.5 Å². The molecule has 17 heavy (non-hydrogen) atoms. The molecule has 1 aromatic carbocycles. The zero-order valence-corrected chi connectivity index (χ0v) is 11.6. The number of hydrogen-bond acceptors (Lipinski definition) is 3. The van der Waals surface area contributed by atoms with E-state index in [1.54, 1.807) is 7.11 Å². The van der Waals surface area contributed by atoms with Crippen LogP contribution in [0.4, 0.5) is 0 Å². The number of benzene rings is 1. The van der Waals surface area contributed by atoms with Crippen molar-refractivity contribution in [2.45, 2.75) is 37.6 Å². The van der Waals surface area contributed by atoms with Gasteiger partial charge in [-0.25, -0.2) is 0 Å². The Bertz CT molecular complexity index is 382. The lowest BCUT2D eigenvalue weighted by atomic mass is 10.0. The fourth-order valence-electron chi connectivity index (χ4n) is 2.41. The molecule has 0 bridgehead atoms. The Morgan fingerprint density at radius 3 is 2.94 bits per heavy atom. The molecule has 1 saturated heterocycles. The van der Waals surface area contributed by atoms with Crippen molar-refractivity contribution in [1.82, 2.24) is 5.32 Å². The molecular formula is C14H21NOS. The molecule has 0 aromatic heterocycles. The normalized spacial score (nSPS) is 29.0. The molecule has 0 amide bonds. The van der Waals surface area contributed by atoms with Gasteiger partial charge in [0.15, 0.2) is 0 Å². The van der Waals surface area contributed by atoms with Crippen molar-refractivity contribution < 1.29 is 4.74 Å². The SMILES string of the molecule is COc1ccccc1CC1(C)NC(C)CCS1. The number of rotatable bonds is 3. The molecule has 1 aliphatic rings. The van der Waals surface area contributed by atoms with E-state index in [1.807, 2.05) is 23.9 Å². The molecule has 1 heterocycles. The summed E-state index contributed by atoms with van der Waals surface area (Å²) >= 11 is 2.02. The average Bonchev–Trinajstić information content (AvgIpc) is 2.29. The van der Waals surface area contributed by atoms with Crippen LogP contribution >= 0.6 is 11.8 Å². The molecule has 1 aliphatic heterocycles. The molecule has 2 atom stereocenters. The van der Waals surface area contributed by atoms with Gasteiger partial charge in [0.1, 0.15) is 5.75 Å². The molecule has 0 saturated carbocycles. The summed E-state index contributed by atoms with van der Waals surface area (Å²) in [5.41, 5.74) is 1.28. The molecule has 94 valence electrons. The molecule has 1 aromatic rings. The number of para-hydroxylation sites is 1. The standard InChI is InChI=1S/C14H21NOS/c1-11-8-9-17-14(2,15-11)10-12-6-4-5-7-13(12)16-3/h4-7,11,15H,8-10H2,1-3H3. The summed E-state index contributed by atoms with van der Waals surface area (Å²) in [6.45, 7) is 4.56. The predicted octanol–water partition coefficient (Wildman–Crippen LogP) is 3.07. The average molecular weight is 251 g/mol. The van der Waals surface area contributed by atoms with Crippen molar-refractivity contribution in [3.05, 3.63) is 29.8 Å². The molecule has 2 nitrogen and oxygen atoms in total. The van der Waals surface area contributed by atoms with Gasteiger partial charge in [-0.2, -0.15) is 0 Å². The van der Waals surface area contributed by atoms with E-state index < -0.39 is 0 Å². The topological polar surface area (TPSA) is 21.3 Å². The maximum absolute atomic E-state index is 5.42. The van der Waals surface area contributed by atoms with Gasteiger partial charge in [-0.3, -0.25) is 0 Å². The molecule has 0 spiro atoms. The van der Waals surface area contributed by atoms with Crippen molar-refractivity contribution in [3.63, 3.8) is 0 Å². The van der Waals surface area contributed by atoms with Crippen LogP contribution in [0.15, 0.2) is 24.3 Å². The van der Waals surface area contributed by atoms with E-state index in [4.69, 9.17) is 4.74 Å². The number of ether oxygens (including phenoxy) is 1. The second-order valence-electron chi connectivity index (χ2n) is 4.90. The highest BCUT2D eigenvalue weighted by molar-refractivity contribution is 8.00. The number of thioether (sulfide) groups is 1. The van der Waals surface area contributed by atoms with Crippen molar-refractivity contribution in [2.75, 3.05) is 12.9 Å². The fraction of sp³-hybridized carbons (Fsp3) is 0.571. The van der Waals surface area contributed by atoms with Crippen LogP contribution in [0.5, 0.6) is 5.75 Å². The first kappa shape index (κ1) is 12.8. The highest BCUT2D eigenvalue weighted by Crippen LogP contribution is 2.34. The highest BCUT2D eigenvalue weighted by atomic mass is 32.2. The summed E-state index contributed by atoms with van der Waals surface area (Å²) in [6, 6.07) is 8.91. The molecule has 2 unspecified atom stereocenters. The van der Waals surface area contributed by atoms with Crippen molar-refractivity contribution in [3.8, 4) is 5.75 Å². The lowest BCUT2D eigenvalue weighted by Crippen LogP contribution is -2.49. The summed E-state index contributed by atoms with van der Waals surface area (Å²) in [5, 5.41) is 3.70. The highest BCUT2D eigenvalue weighted by Gasteiger charge is 2.31. The first-order valence-electron chi connectivity index (χ1n) is 6.16. The minimum atomic E-state index is 0.131. The van der Waals surface area contributed by atoms with Crippen LogP contribution in [0.3, 0.4) is 0 Å². The van der Waals surface area contributed by atoms with Gasteiger partial charge < -0.3 is 10.1 Å². The summed E-state index contributed by atoms with van der Waals surface area (Å²) in [7, 11) is 1.74. The molecule has 2 rings (SSSR count). The quantitative estimate of drug-likeness (QED) is 0.892. The van der Waals surface area contributed by atoms with Gasteiger partial charge in [-0.05, 0) is 37.7 Å². The minimum absolute atomic E-state index is 0.131. The molecular weight excluding hydrogens is 230 g/mol. The molecule has 0 radical (unpaired) electrons. The maximum Gasteiger partial charge on any atom is 0.122 e.